The first-order chi connectivity index (χ1) is 9.10. The normalized spacial score (nSPS) is 22.5. The SMILES string of the molecule is CSC[C@H]1OC(=O)N[C@H]1N=Cc1ccc([N+](=O)[O-])o1. The van der Waals surface area contributed by atoms with Crippen molar-refractivity contribution in [2.75, 3.05) is 12.0 Å². The van der Waals surface area contributed by atoms with E-state index in [1.54, 1.807) is 0 Å². The molecule has 102 valence electrons. The summed E-state index contributed by atoms with van der Waals surface area (Å²) in [4.78, 5) is 25.0. The van der Waals surface area contributed by atoms with Crippen molar-refractivity contribution < 1.29 is 18.9 Å². The van der Waals surface area contributed by atoms with E-state index < -0.39 is 17.2 Å². The Labute approximate surface area is 112 Å². The fourth-order valence-electron chi connectivity index (χ4n) is 1.54. The molecule has 2 atom stereocenters. The van der Waals surface area contributed by atoms with E-state index in [2.05, 4.69) is 10.3 Å². The van der Waals surface area contributed by atoms with E-state index >= 15 is 0 Å². The van der Waals surface area contributed by atoms with Crippen LogP contribution in [0.4, 0.5) is 10.7 Å². The van der Waals surface area contributed by atoms with E-state index in [1.807, 2.05) is 6.26 Å². The number of nitrogens with one attached hydrogen (secondary N) is 1. The van der Waals surface area contributed by atoms with Gasteiger partial charge in [-0.3, -0.25) is 20.4 Å². The molecule has 0 unspecified atom stereocenters. The van der Waals surface area contributed by atoms with Gasteiger partial charge in [-0.15, -0.1) is 0 Å². The summed E-state index contributed by atoms with van der Waals surface area (Å²) in [5.41, 5.74) is 0. The summed E-state index contributed by atoms with van der Waals surface area (Å²) < 4.78 is 9.94. The van der Waals surface area contributed by atoms with Crippen molar-refractivity contribution in [3.05, 3.63) is 28.0 Å². The predicted molar refractivity (Wildman–Crippen MR) is 68.5 cm³/mol. The average molecular weight is 285 g/mol. The van der Waals surface area contributed by atoms with Gasteiger partial charge in [-0.25, -0.2) is 4.79 Å². The number of hydrogen-bond donors (Lipinski definition) is 1. The maximum Gasteiger partial charge on any atom is 0.433 e. The zero-order valence-electron chi connectivity index (χ0n) is 9.94. The Balaban J connectivity index is 2.04. The number of aliphatic imine (C=N–C) groups is 1. The Bertz CT molecular complexity index is 515. The third-order valence-corrected chi connectivity index (χ3v) is 3.02. The topological polar surface area (TPSA) is 107 Å². The molecule has 1 aliphatic rings. The zero-order valence-corrected chi connectivity index (χ0v) is 10.8. The summed E-state index contributed by atoms with van der Waals surface area (Å²) in [6.45, 7) is 0. The lowest BCUT2D eigenvalue weighted by Crippen LogP contribution is -2.31. The van der Waals surface area contributed by atoms with Crippen molar-refractivity contribution in [3.63, 3.8) is 0 Å². The highest BCUT2D eigenvalue weighted by molar-refractivity contribution is 7.98. The molecule has 0 aliphatic carbocycles. The number of furan rings is 1. The first-order valence-corrected chi connectivity index (χ1v) is 6.73. The van der Waals surface area contributed by atoms with E-state index in [-0.39, 0.29) is 17.7 Å². The number of cyclic esters (lactones) is 1. The van der Waals surface area contributed by atoms with Crippen LogP contribution < -0.4 is 5.32 Å². The molecular formula is C10H11N3O5S. The molecule has 1 aliphatic heterocycles. The van der Waals surface area contributed by atoms with E-state index in [4.69, 9.17) is 9.15 Å². The molecule has 1 aromatic heterocycles. The Hall–Kier alpha value is -2.03. The third-order valence-electron chi connectivity index (χ3n) is 2.36. The minimum atomic E-state index is -0.631. The van der Waals surface area contributed by atoms with Crippen molar-refractivity contribution in [2.45, 2.75) is 12.3 Å². The molecule has 1 aromatic rings. The molecule has 0 aromatic carbocycles. The summed E-state index contributed by atoms with van der Waals surface area (Å²) in [6.07, 6.45) is 1.84. The number of nitro groups is 1. The second-order valence-corrected chi connectivity index (χ2v) is 4.61. The number of rotatable bonds is 5. The van der Waals surface area contributed by atoms with E-state index in [9.17, 15) is 14.9 Å². The standard InChI is InChI=1S/C10H11N3O5S/c1-19-5-7-9(12-10(14)18-7)11-4-6-2-3-8(17-6)13(15)16/h2-4,7,9H,5H2,1H3,(H,12,14)/t7-,9-/m1/s1. The van der Waals surface area contributed by atoms with Crippen LogP contribution in [0.2, 0.25) is 0 Å². The second-order valence-electron chi connectivity index (χ2n) is 3.70. The van der Waals surface area contributed by atoms with Crippen LogP contribution in [0, 0.1) is 10.1 Å². The van der Waals surface area contributed by atoms with Gasteiger partial charge in [0.05, 0.1) is 12.3 Å². The number of carbonyl (C=O) groups excluding carboxylic acids is 1. The Morgan fingerprint density at radius 3 is 3.05 bits per heavy atom. The monoisotopic (exact) mass is 285 g/mol. The molecule has 1 N–H and O–H groups in total. The van der Waals surface area contributed by atoms with Crippen molar-refractivity contribution in [3.8, 4) is 0 Å². The van der Waals surface area contributed by atoms with Crippen LogP contribution in [0.25, 0.3) is 0 Å². The number of nitrogens with zero attached hydrogens (tertiary/aromatic N) is 2. The number of amides is 1. The lowest BCUT2D eigenvalue weighted by atomic mass is 10.3. The highest BCUT2D eigenvalue weighted by Gasteiger charge is 2.32. The molecule has 0 radical (unpaired) electrons. The number of alkyl carbamates (subject to hydrolysis) is 1. The van der Waals surface area contributed by atoms with Gasteiger partial charge in [-0.05, 0) is 12.3 Å². The van der Waals surface area contributed by atoms with Gasteiger partial charge in [-0.2, -0.15) is 11.8 Å². The van der Waals surface area contributed by atoms with Crippen LogP contribution in [0.3, 0.4) is 0 Å². The largest absolute Gasteiger partial charge is 0.441 e. The van der Waals surface area contributed by atoms with Crippen molar-refractivity contribution in [2.24, 2.45) is 4.99 Å². The van der Waals surface area contributed by atoms with Gasteiger partial charge in [0.2, 0.25) is 0 Å². The average Bonchev–Trinajstić information content (AvgIpc) is 2.94. The molecule has 0 saturated carbocycles. The minimum absolute atomic E-state index is 0.246. The first-order valence-electron chi connectivity index (χ1n) is 5.33. The summed E-state index contributed by atoms with van der Waals surface area (Å²) in [6, 6.07) is 2.67. The van der Waals surface area contributed by atoms with Gasteiger partial charge < -0.3 is 9.15 Å². The summed E-state index contributed by atoms with van der Waals surface area (Å²) in [5, 5.41) is 13.0. The van der Waals surface area contributed by atoms with Crippen LogP contribution in [0.1, 0.15) is 5.76 Å². The minimum Gasteiger partial charge on any atom is -0.441 e. The van der Waals surface area contributed by atoms with E-state index in [0.717, 1.165) is 0 Å². The molecule has 1 saturated heterocycles. The van der Waals surface area contributed by atoms with Crippen LogP contribution >= 0.6 is 11.8 Å². The Morgan fingerprint density at radius 1 is 1.63 bits per heavy atom. The molecule has 2 rings (SSSR count). The number of hydrogen-bond acceptors (Lipinski definition) is 7. The van der Waals surface area contributed by atoms with Gasteiger partial charge in [0, 0.05) is 5.75 Å². The van der Waals surface area contributed by atoms with Crippen molar-refractivity contribution in [1.29, 1.82) is 0 Å². The molecule has 8 nitrogen and oxygen atoms in total. The van der Waals surface area contributed by atoms with Crippen molar-refractivity contribution in [1.82, 2.24) is 5.32 Å². The van der Waals surface area contributed by atoms with Gasteiger partial charge in [0.15, 0.2) is 18.0 Å². The number of thioether (sulfide) groups is 1. The zero-order chi connectivity index (χ0) is 13.8. The summed E-state index contributed by atoms with van der Waals surface area (Å²) in [7, 11) is 0. The van der Waals surface area contributed by atoms with E-state index in [0.29, 0.717) is 5.75 Å². The first kappa shape index (κ1) is 13.4. The van der Waals surface area contributed by atoms with E-state index in [1.165, 1.54) is 30.1 Å². The fraction of sp³-hybridized carbons (Fsp3) is 0.400. The van der Waals surface area contributed by atoms with Gasteiger partial charge >= 0.3 is 12.0 Å². The fourth-order valence-corrected chi connectivity index (χ4v) is 2.11. The van der Waals surface area contributed by atoms with Crippen LogP contribution in [-0.2, 0) is 4.74 Å². The van der Waals surface area contributed by atoms with Crippen LogP contribution in [0.5, 0.6) is 0 Å². The quantitative estimate of drug-likeness (QED) is 0.498. The Kier molecular flexibility index (Phi) is 4.05. The number of carbonyl (C=O) groups is 1. The molecule has 9 heteroatoms. The Morgan fingerprint density at radius 2 is 2.42 bits per heavy atom. The molecule has 0 bridgehead atoms. The van der Waals surface area contributed by atoms with Gasteiger partial charge in [0.25, 0.3) is 0 Å². The predicted octanol–water partition coefficient (Wildman–Crippen LogP) is 1.40. The molecule has 19 heavy (non-hydrogen) atoms. The van der Waals surface area contributed by atoms with Crippen molar-refractivity contribution >= 4 is 30.0 Å². The molecular weight excluding hydrogens is 274 g/mol. The molecule has 2 heterocycles. The maximum atomic E-state index is 11.1. The summed E-state index contributed by atoms with van der Waals surface area (Å²) in [5.74, 6) is 0.503. The highest BCUT2D eigenvalue weighted by atomic mass is 32.2. The summed E-state index contributed by atoms with van der Waals surface area (Å²) >= 11 is 1.53. The van der Waals surface area contributed by atoms with Gasteiger partial charge in [0.1, 0.15) is 4.92 Å². The number of ether oxygens (including phenoxy) is 1. The third kappa shape index (κ3) is 3.25. The van der Waals surface area contributed by atoms with Crippen LogP contribution in [-0.4, -0.2) is 41.5 Å². The highest BCUT2D eigenvalue weighted by Crippen LogP contribution is 2.16. The lowest BCUT2D eigenvalue weighted by molar-refractivity contribution is -0.402. The molecule has 1 amide bonds. The van der Waals surface area contributed by atoms with Crippen LogP contribution in [0.15, 0.2) is 21.5 Å². The second kappa shape index (κ2) is 5.74. The van der Waals surface area contributed by atoms with Gasteiger partial charge in [-0.1, -0.05) is 0 Å². The maximum absolute atomic E-state index is 11.1. The molecule has 1 fully saturated rings. The lowest BCUT2D eigenvalue weighted by Gasteiger charge is -2.10. The molecule has 0 spiro atoms. The smallest absolute Gasteiger partial charge is 0.433 e.